The molecule has 0 radical (unpaired) electrons. The molecule has 0 fully saturated rings. The number of amides is 2. The van der Waals surface area contributed by atoms with Gasteiger partial charge in [-0.3, -0.25) is 9.59 Å². The molecule has 0 saturated heterocycles. The quantitative estimate of drug-likeness (QED) is 0.765. The summed E-state index contributed by atoms with van der Waals surface area (Å²) >= 11 is 0. The lowest BCUT2D eigenvalue weighted by molar-refractivity contribution is -0.174. The van der Waals surface area contributed by atoms with E-state index in [1.54, 1.807) is 12.1 Å². The fraction of sp³-hybridized carbons (Fsp3) is 0.211. The summed E-state index contributed by atoms with van der Waals surface area (Å²) in [5.41, 5.74) is -2.23. The number of imide groups is 1. The van der Waals surface area contributed by atoms with E-state index in [9.17, 15) is 27.6 Å². The average Bonchev–Trinajstić information content (AvgIpc) is 2.86. The molecule has 1 aliphatic rings. The predicted octanol–water partition coefficient (Wildman–Crippen LogP) is 3.74. The van der Waals surface area contributed by atoms with Crippen LogP contribution in [0.15, 0.2) is 48.5 Å². The van der Waals surface area contributed by atoms with Gasteiger partial charge in [-0.25, -0.2) is 4.79 Å². The highest BCUT2D eigenvalue weighted by molar-refractivity contribution is 6.21. The van der Waals surface area contributed by atoms with E-state index in [1.165, 1.54) is 38.1 Å². The zero-order chi connectivity index (χ0) is 20.0. The minimum Gasteiger partial charge on any atom is -0.329 e. The number of hydroxylamine groups is 2. The van der Waals surface area contributed by atoms with Crippen molar-refractivity contribution in [2.24, 2.45) is 0 Å². The number of carbonyl (C=O) groups is 3. The third-order valence-electron chi connectivity index (χ3n) is 4.35. The van der Waals surface area contributed by atoms with Crippen molar-refractivity contribution < 1.29 is 32.4 Å². The molecule has 0 atom stereocenters. The van der Waals surface area contributed by atoms with Crippen LogP contribution in [0.2, 0.25) is 0 Å². The second-order valence-corrected chi connectivity index (χ2v) is 6.53. The second-order valence-electron chi connectivity index (χ2n) is 6.53. The maximum atomic E-state index is 12.9. The van der Waals surface area contributed by atoms with Crippen molar-refractivity contribution in [3.8, 4) is 0 Å². The van der Waals surface area contributed by atoms with Crippen LogP contribution in [0.1, 0.15) is 45.7 Å². The van der Waals surface area contributed by atoms with Crippen molar-refractivity contribution in [2.75, 3.05) is 0 Å². The van der Waals surface area contributed by atoms with E-state index in [2.05, 4.69) is 0 Å². The Morgan fingerprint density at radius 3 is 1.93 bits per heavy atom. The molecule has 0 N–H and O–H groups in total. The van der Waals surface area contributed by atoms with Crippen molar-refractivity contribution in [1.29, 1.82) is 0 Å². The van der Waals surface area contributed by atoms with Crippen LogP contribution in [0.5, 0.6) is 0 Å². The summed E-state index contributed by atoms with van der Waals surface area (Å²) in [7, 11) is 0. The van der Waals surface area contributed by atoms with Gasteiger partial charge in [-0.2, -0.15) is 13.2 Å². The molecule has 0 bridgehead atoms. The Balaban J connectivity index is 1.86. The standard InChI is InChI=1S/C19H14F3NO4/c1-18(2,11-6-5-7-12(10-11)19(20,21)22)17(26)27-23-15(24)13-8-3-4-9-14(13)16(23)25/h3-10H,1-2H3. The van der Waals surface area contributed by atoms with Gasteiger partial charge in [-0.15, -0.1) is 0 Å². The molecule has 0 unspecified atom stereocenters. The maximum absolute atomic E-state index is 12.9. The van der Waals surface area contributed by atoms with Crippen LogP contribution in [0.3, 0.4) is 0 Å². The number of benzene rings is 2. The summed E-state index contributed by atoms with van der Waals surface area (Å²) in [6, 6.07) is 10.2. The van der Waals surface area contributed by atoms with Crippen LogP contribution in [-0.4, -0.2) is 22.8 Å². The molecule has 2 aromatic rings. The molecule has 1 aliphatic heterocycles. The first-order chi connectivity index (χ1) is 12.5. The van der Waals surface area contributed by atoms with E-state index in [0.29, 0.717) is 5.06 Å². The molecular formula is C19H14F3NO4. The fourth-order valence-corrected chi connectivity index (χ4v) is 2.65. The number of rotatable bonds is 3. The SMILES string of the molecule is CC(C)(C(=O)ON1C(=O)c2ccccc2C1=O)c1cccc(C(F)(F)F)c1. The van der Waals surface area contributed by atoms with E-state index in [-0.39, 0.29) is 16.7 Å². The number of hydrogen-bond acceptors (Lipinski definition) is 4. The summed E-state index contributed by atoms with van der Waals surface area (Å²) in [6.45, 7) is 2.70. The zero-order valence-corrected chi connectivity index (χ0v) is 14.3. The molecule has 27 heavy (non-hydrogen) atoms. The summed E-state index contributed by atoms with van der Waals surface area (Å²) in [5, 5.41) is 0.336. The monoisotopic (exact) mass is 377 g/mol. The Bertz CT molecular complexity index is 915. The van der Waals surface area contributed by atoms with E-state index in [1.807, 2.05) is 0 Å². The summed E-state index contributed by atoms with van der Waals surface area (Å²) in [4.78, 5) is 42.1. The van der Waals surface area contributed by atoms with Crippen LogP contribution in [0, 0.1) is 0 Å². The molecule has 2 aromatic carbocycles. The lowest BCUT2D eigenvalue weighted by Crippen LogP contribution is -2.40. The van der Waals surface area contributed by atoms with Gasteiger partial charge >= 0.3 is 12.1 Å². The molecular weight excluding hydrogens is 363 g/mol. The van der Waals surface area contributed by atoms with Crippen molar-refractivity contribution in [3.63, 3.8) is 0 Å². The Labute approximate surface area is 152 Å². The largest absolute Gasteiger partial charge is 0.416 e. The van der Waals surface area contributed by atoms with Crippen molar-refractivity contribution in [2.45, 2.75) is 25.4 Å². The van der Waals surface area contributed by atoms with E-state index in [0.717, 1.165) is 12.1 Å². The summed E-state index contributed by atoms with van der Waals surface area (Å²) in [6.07, 6.45) is -4.57. The van der Waals surface area contributed by atoms with Crippen LogP contribution in [0.25, 0.3) is 0 Å². The number of halogens is 3. The number of nitrogens with zero attached hydrogens (tertiary/aromatic N) is 1. The minimum absolute atomic E-state index is 0.0407. The van der Waals surface area contributed by atoms with E-state index in [4.69, 9.17) is 4.84 Å². The first-order valence-corrected chi connectivity index (χ1v) is 7.91. The molecule has 0 aliphatic carbocycles. The Morgan fingerprint density at radius 1 is 0.889 bits per heavy atom. The zero-order valence-electron chi connectivity index (χ0n) is 14.3. The Kier molecular flexibility index (Phi) is 4.29. The fourth-order valence-electron chi connectivity index (χ4n) is 2.65. The maximum Gasteiger partial charge on any atom is 0.416 e. The molecule has 2 amide bonds. The van der Waals surface area contributed by atoms with Gasteiger partial charge in [-0.1, -0.05) is 35.4 Å². The molecule has 0 spiro atoms. The highest BCUT2D eigenvalue weighted by Crippen LogP contribution is 2.34. The van der Waals surface area contributed by atoms with Gasteiger partial charge in [0.05, 0.1) is 22.1 Å². The first-order valence-electron chi connectivity index (χ1n) is 7.91. The van der Waals surface area contributed by atoms with Crippen molar-refractivity contribution in [3.05, 3.63) is 70.8 Å². The number of fused-ring (bicyclic) bond motifs is 1. The highest BCUT2D eigenvalue weighted by Gasteiger charge is 2.42. The molecule has 3 rings (SSSR count). The Hall–Kier alpha value is -3.16. The van der Waals surface area contributed by atoms with E-state index < -0.39 is 34.9 Å². The summed E-state index contributed by atoms with van der Waals surface area (Å²) < 4.78 is 38.8. The van der Waals surface area contributed by atoms with Crippen LogP contribution in [-0.2, 0) is 21.2 Å². The molecule has 0 aromatic heterocycles. The molecule has 1 heterocycles. The normalized spacial score (nSPS) is 14.3. The molecule has 140 valence electrons. The Morgan fingerprint density at radius 2 is 1.41 bits per heavy atom. The van der Waals surface area contributed by atoms with Gasteiger partial charge in [0.15, 0.2) is 0 Å². The third kappa shape index (κ3) is 3.18. The molecule has 8 heteroatoms. The number of alkyl halides is 3. The van der Waals surface area contributed by atoms with Crippen LogP contribution >= 0.6 is 0 Å². The topological polar surface area (TPSA) is 63.7 Å². The minimum atomic E-state index is -4.57. The van der Waals surface area contributed by atoms with Gasteiger partial charge in [0.25, 0.3) is 11.8 Å². The van der Waals surface area contributed by atoms with E-state index >= 15 is 0 Å². The summed E-state index contributed by atoms with van der Waals surface area (Å²) in [5.74, 6) is -2.64. The van der Waals surface area contributed by atoms with Crippen molar-refractivity contribution in [1.82, 2.24) is 5.06 Å². The van der Waals surface area contributed by atoms with Gasteiger partial charge in [0.2, 0.25) is 0 Å². The first kappa shape index (κ1) is 18.6. The van der Waals surface area contributed by atoms with Crippen molar-refractivity contribution >= 4 is 17.8 Å². The van der Waals surface area contributed by atoms with Gasteiger partial charge < -0.3 is 4.84 Å². The lowest BCUT2D eigenvalue weighted by Gasteiger charge is -2.25. The van der Waals surface area contributed by atoms with Gasteiger partial charge in [0.1, 0.15) is 0 Å². The van der Waals surface area contributed by atoms with Crippen LogP contribution < -0.4 is 0 Å². The molecule has 0 saturated carbocycles. The molecule has 5 nitrogen and oxygen atoms in total. The second kappa shape index (κ2) is 6.22. The smallest absolute Gasteiger partial charge is 0.329 e. The van der Waals surface area contributed by atoms with Crippen LogP contribution in [0.4, 0.5) is 13.2 Å². The van der Waals surface area contributed by atoms with Gasteiger partial charge in [0, 0.05) is 0 Å². The lowest BCUT2D eigenvalue weighted by atomic mass is 9.84. The number of hydrogen-bond donors (Lipinski definition) is 0. The third-order valence-corrected chi connectivity index (χ3v) is 4.35. The highest BCUT2D eigenvalue weighted by atomic mass is 19.4. The number of carbonyl (C=O) groups excluding carboxylic acids is 3. The van der Waals surface area contributed by atoms with Gasteiger partial charge in [-0.05, 0) is 37.6 Å². The average molecular weight is 377 g/mol. The predicted molar refractivity (Wildman–Crippen MR) is 87.5 cm³/mol.